The van der Waals surface area contributed by atoms with Crippen LogP contribution in [-0.2, 0) is 12.8 Å². The summed E-state index contributed by atoms with van der Waals surface area (Å²) in [5.74, 6) is -0.227. The van der Waals surface area contributed by atoms with Crippen LogP contribution in [-0.4, -0.2) is 21.9 Å². The molecule has 0 saturated heterocycles. The first-order valence-electron chi connectivity index (χ1n) is 8.56. The molecule has 0 amide bonds. The maximum atomic E-state index is 12.4. The van der Waals surface area contributed by atoms with Crippen LogP contribution >= 0.6 is 11.6 Å². The highest BCUT2D eigenvalue weighted by Gasteiger charge is 2.28. The third-order valence-electron chi connectivity index (χ3n) is 4.88. The van der Waals surface area contributed by atoms with Gasteiger partial charge in [-0.3, -0.25) is 9.78 Å². The van der Waals surface area contributed by atoms with E-state index in [0.717, 1.165) is 11.1 Å². The van der Waals surface area contributed by atoms with Gasteiger partial charge in [0, 0.05) is 41.6 Å². The van der Waals surface area contributed by atoms with Crippen molar-refractivity contribution in [2.75, 3.05) is 0 Å². The molecular formula is C20H18ClF3N2O. The molecule has 3 rings (SSSR count). The molecule has 1 aliphatic rings. The van der Waals surface area contributed by atoms with Crippen LogP contribution in [0.15, 0.2) is 36.2 Å². The third-order valence-corrected chi connectivity index (χ3v) is 5.20. The van der Waals surface area contributed by atoms with Crippen LogP contribution in [0.3, 0.4) is 0 Å². The minimum absolute atomic E-state index is 0.110. The second-order valence-electron chi connectivity index (χ2n) is 6.76. The molecule has 27 heavy (non-hydrogen) atoms. The average molecular weight is 395 g/mol. The highest BCUT2D eigenvalue weighted by molar-refractivity contribution is 6.31. The van der Waals surface area contributed by atoms with E-state index in [9.17, 15) is 18.0 Å². The lowest BCUT2D eigenvalue weighted by atomic mass is 9.83. The normalized spacial score (nSPS) is 15.3. The Hall–Kier alpha value is -2.21. The van der Waals surface area contributed by atoms with E-state index in [1.54, 1.807) is 25.3 Å². The van der Waals surface area contributed by atoms with E-state index in [1.165, 1.54) is 6.20 Å². The van der Waals surface area contributed by atoms with Gasteiger partial charge in [0.15, 0.2) is 5.78 Å². The van der Waals surface area contributed by atoms with Gasteiger partial charge in [0.2, 0.25) is 0 Å². The fraction of sp³-hybridized carbons (Fsp3) is 0.350. The fourth-order valence-corrected chi connectivity index (χ4v) is 3.47. The monoisotopic (exact) mass is 394 g/mol. The second-order valence-corrected chi connectivity index (χ2v) is 7.12. The number of pyridine rings is 2. The Balaban J connectivity index is 1.82. The summed E-state index contributed by atoms with van der Waals surface area (Å²) >= 11 is 6.15. The Morgan fingerprint density at radius 2 is 2.04 bits per heavy atom. The molecule has 0 spiro atoms. The van der Waals surface area contributed by atoms with E-state index in [-0.39, 0.29) is 18.1 Å². The molecule has 2 aromatic heterocycles. The van der Waals surface area contributed by atoms with Crippen molar-refractivity contribution in [1.29, 1.82) is 0 Å². The molecule has 0 aliphatic heterocycles. The van der Waals surface area contributed by atoms with Gasteiger partial charge in [-0.1, -0.05) is 30.2 Å². The van der Waals surface area contributed by atoms with Crippen LogP contribution < -0.4 is 0 Å². The maximum Gasteiger partial charge on any atom is 0.389 e. The molecule has 0 saturated carbocycles. The molecule has 0 aromatic carbocycles. The molecule has 2 aromatic rings. The van der Waals surface area contributed by atoms with Gasteiger partial charge < -0.3 is 0 Å². The number of carbonyl (C=O) groups is 1. The predicted octanol–water partition coefficient (Wildman–Crippen LogP) is 5.40. The number of hydrogen-bond acceptors (Lipinski definition) is 3. The Kier molecular flexibility index (Phi) is 5.38. The smallest absolute Gasteiger partial charge is 0.289 e. The van der Waals surface area contributed by atoms with Gasteiger partial charge in [-0.15, -0.1) is 0 Å². The van der Waals surface area contributed by atoms with E-state index in [0.29, 0.717) is 34.0 Å². The highest BCUT2D eigenvalue weighted by Crippen LogP contribution is 2.34. The lowest BCUT2D eigenvalue weighted by molar-refractivity contribution is -0.134. The van der Waals surface area contributed by atoms with E-state index in [1.807, 2.05) is 13.0 Å². The largest absolute Gasteiger partial charge is 0.389 e. The van der Waals surface area contributed by atoms with Crippen molar-refractivity contribution in [1.82, 2.24) is 9.97 Å². The summed E-state index contributed by atoms with van der Waals surface area (Å²) in [6.45, 7) is 3.70. The number of ketones is 1. The topological polar surface area (TPSA) is 42.9 Å². The number of aryl methyl sites for hydroxylation is 2. The molecule has 1 aliphatic carbocycles. The number of allylic oxidation sites excluding steroid dienone is 2. The van der Waals surface area contributed by atoms with Crippen molar-refractivity contribution in [3.05, 3.63) is 69.3 Å². The third kappa shape index (κ3) is 4.38. The summed E-state index contributed by atoms with van der Waals surface area (Å²) in [5, 5.41) is 0.315. The minimum Gasteiger partial charge on any atom is -0.289 e. The van der Waals surface area contributed by atoms with Crippen LogP contribution in [0.4, 0.5) is 13.2 Å². The van der Waals surface area contributed by atoms with Gasteiger partial charge in [0.05, 0.1) is 0 Å². The van der Waals surface area contributed by atoms with E-state index in [2.05, 4.69) is 9.97 Å². The first-order chi connectivity index (χ1) is 12.7. The van der Waals surface area contributed by atoms with Crippen LogP contribution in [0.1, 0.15) is 52.0 Å². The van der Waals surface area contributed by atoms with Crippen molar-refractivity contribution in [2.24, 2.45) is 0 Å². The lowest BCUT2D eigenvalue weighted by Crippen LogP contribution is -2.15. The number of rotatable bonds is 4. The average Bonchev–Trinajstić information content (AvgIpc) is 2.60. The molecule has 142 valence electrons. The van der Waals surface area contributed by atoms with Crippen molar-refractivity contribution < 1.29 is 18.0 Å². The number of hydrogen-bond donors (Lipinski definition) is 0. The molecule has 0 radical (unpaired) electrons. The van der Waals surface area contributed by atoms with Gasteiger partial charge in [-0.25, -0.2) is 4.98 Å². The summed E-state index contributed by atoms with van der Waals surface area (Å²) in [7, 11) is 0. The number of nitrogens with zero attached hydrogens (tertiary/aromatic N) is 2. The fourth-order valence-electron chi connectivity index (χ4n) is 3.24. The van der Waals surface area contributed by atoms with Gasteiger partial charge >= 0.3 is 6.18 Å². The predicted molar refractivity (Wildman–Crippen MR) is 97.1 cm³/mol. The molecule has 0 N–H and O–H groups in total. The molecule has 0 fully saturated rings. The molecule has 2 heterocycles. The van der Waals surface area contributed by atoms with Crippen molar-refractivity contribution >= 4 is 17.4 Å². The molecule has 7 heteroatoms. The number of carbonyl (C=O) groups excluding carboxylic acids is 1. The minimum atomic E-state index is -4.20. The zero-order chi connectivity index (χ0) is 19.8. The Labute approximate surface area is 160 Å². The van der Waals surface area contributed by atoms with Crippen molar-refractivity contribution in [2.45, 2.75) is 45.2 Å². The zero-order valence-electron chi connectivity index (χ0n) is 14.9. The van der Waals surface area contributed by atoms with Crippen molar-refractivity contribution in [3.63, 3.8) is 0 Å². The highest BCUT2D eigenvalue weighted by atomic mass is 35.5. The van der Waals surface area contributed by atoms with E-state index >= 15 is 0 Å². The SMILES string of the molecule is Cc1cc(C(C)C2=CC(=O)c3ccnc(Cl)c3C2)cnc1CCC(F)(F)F. The van der Waals surface area contributed by atoms with Crippen LogP contribution in [0.5, 0.6) is 0 Å². The summed E-state index contributed by atoms with van der Waals surface area (Å²) in [6.07, 6.45) is -0.0189. The summed E-state index contributed by atoms with van der Waals surface area (Å²) in [5.41, 5.74) is 4.15. The van der Waals surface area contributed by atoms with Crippen LogP contribution in [0, 0.1) is 6.92 Å². The molecule has 3 nitrogen and oxygen atoms in total. The van der Waals surface area contributed by atoms with Gasteiger partial charge in [-0.2, -0.15) is 13.2 Å². The second kappa shape index (κ2) is 7.43. The number of alkyl halides is 3. The van der Waals surface area contributed by atoms with Gasteiger partial charge in [0.1, 0.15) is 5.15 Å². The van der Waals surface area contributed by atoms with Crippen LogP contribution in [0.25, 0.3) is 0 Å². The first kappa shape index (κ1) is 19.5. The van der Waals surface area contributed by atoms with Gasteiger partial charge in [0.25, 0.3) is 0 Å². The van der Waals surface area contributed by atoms with Crippen molar-refractivity contribution in [3.8, 4) is 0 Å². The number of aromatic nitrogens is 2. The van der Waals surface area contributed by atoms with Crippen LogP contribution in [0.2, 0.25) is 5.15 Å². The summed E-state index contributed by atoms with van der Waals surface area (Å²) in [4.78, 5) is 20.7. The molecule has 1 unspecified atom stereocenters. The Morgan fingerprint density at radius 1 is 1.30 bits per heavy atom. The number of halogens is 4. The quantitative estimate of drug-likeness (QED) is 0.652. The molecular weight excluding hydrogens is 377 g/mol. The van der Waals surface area contributed by atoms with E-state index in [4.69, 9.17) is 11.6 Å². The van der Waals surface area contributed by atoms with Gasteiger partial charge in [-0.05, 0) is 43.0 Å². The lowest BCUT2D eigenvalue weighted by Gasteiger charge is -2.22. The zero-order valence-corrected chi connectivity index (χ0v) is 15.7. The van der Waals surface area contributed by atoms with E-state index < -0.39 is 12.6 Å². The molecule has 1 atom stereocenters. The summed E-state index contributed by atoms with van der Waals surface area (Å²) < 4.78 is 37.3. The maximum absolute atomic E-state index is 12.4. The molecule has 0 bridgehead atoms. The Morgan fingerprint density at radius 3 is 2.70 bits per heavy atom. The first-order valence-corrected chi connectivity index (χ1v) is 8.94. The summed E-state index contributed by atoms with van der Waals surface area (Å²) in [6, 6.07) is 3.50. The standard InChI is InChI=1S/C20H18ClF3N2O/c1-11-7-14(10-26-17(11)3-5-20(22,23)24)12(2)13-8-16-15(18(27)9-13)4-6-25-19(16)21/h4,6-7,9-10,12H,3,5,8H2,1-2H3. The number of fused-ring (bicyclic) bond motifs is 1. The Bertz CT molecular complexity index is 922.